The number of nitrogens with one attached hydrogen (secondary N) is 1. The molecule has 0 bridgehead atoms. The molecular formula is C11H14N4O3S. The molecule has 2 aromatic heterocycles. The molecule has 2 rings (SSSR count). The maximum Gasteiger partial charge on any atom is 0.265 e. The van der Waals surface area contributed by atoms with Crippen molar-refractivity contribution in [2.75, 3.05) is 4.72 Å². The fourth-order valence-electron chi connectivity index (χ4n) is 1.63. The highest BCUT2D eigenvalue weighted by Crippen LogP contribution is 2.17. The van der Waals surface area contributed by atoms with Gasteiger partial charge in [0.05, 0.1) is 6.61 Å². The summed E-state index contributed by atoms with van der Waals surface area (Å²) in [6, 6.07) is 3.02. The van der Waals surface area contributed by atoms with Crippen LogP contribution >= 0.6 is 0 Å². The third-order valence-corrected chi connectivity index (χ3v) is 3.86. The molecule has 0 fully saturated rings. The molecule has 102 valence electrons. The van der Waals surface area contributed by atoms with Crippen LogP contribution in [0.3, 0.4) is 0 Å². The molecule has 0 aliphatic rings. The van der Waals surface area contributed by atoms with Gasteiger partial charge in [-0.25, -0.2) is 23.1 Å². The molecule has 19 heavy (non-hydrogen) atoms. The predicted octanol–water partition coefficient (Wildman–Crippen LogP) is 0.591. The number of aromatic nitrogens is 3. The lowest BCUT2D eigenvalue weighted by molar-refractivity contribution is 0.271. The first kappa shape index (κ1) is 13.5. The van der Waals surface area contributed by atoms with Crippen LogP contribution in [0.1, 0.15) is 12.6 Å². The van der Waals surface area contributed by atoms with E-state index in [9.17, 15) is 8.42 Å². The second kappa shape index (κ2) is 5.37. The molecule has 8 heteroatoms. The Balaban J connectivity index is 2.32. The number of rotatable bonds is 5. The second-order valence-corrected chi connectivity index (χ2v) is 5.47. The van der Waals surface area contributed by atoms with E-state index in [2.05, 4.69) is 14.7 Å². The van der Waals surface area contributed by atoms with Gasteiger partial charge in [0.25, 0.3) is 10.0 Å². The molecule has 7 nitrogen and oxygen atoms in total. The molecule has 0 aromatic carbocycles. The zero-order valence-electron chi connectivity index (χ0n) is 10.3. The summed E-state index contributed by atoms with van der Waals surface area (Å²) in [5.41, 5.74) is 0.539. The summed E-state index contributed by atoms with van der Waals surface area (Å²) in [5.74, 6) is 0.0114. The molecule has 0 spiro atoms. The minimum absolute atomic E-state index is 0.0114. The van der Waals surface area contributed by atoms with Crippen LogP contribution in [-0.4, -0.2) is 28.1 Å². The van der Waals surface area contributed by atoms with Crippen LogP contribution < -0.4 is 4.72 Å². The highest BCUT2D eigenvalue weighted by molar-refractivity contribution is 7.92. The standard InChI is InChI=1S/C11H14N4O3S/c1-2-15-7-10(6-9(15)8-16)19(17,18)14-11-12-4-3-5-13-11/h3-7,16H,2,8H2,1H3,(H,12,13,14). The quantitative estimate of drug-likeness (QED) is 0.836. The van der Waals surface area contributed by atoms with Gasteiger partial charge in [0, 0.05) is 30.8 Å². The summed E-state index contributed by atoms with van der Waals surface area (Å²) >= 11 is 0. The Bertz CT molecular complexity index is 630. The van der Waals surface area contributed by atoms with Crippen molar-refractivity contribution >= 4 is 16.0 Å². The zero-order valence-corrected chi connectivity index (χ0v) is 11.1. The molecule has 0 aliphatic carbocycles. The average molecular weight is 282 g/mol. The van der Waals surface area contributed by atoms with Crippen molar-refractivity contribution in [2.45, 2.75) is 25.0 Å². The predicted molar refractivity (Wildman–Crippen MR) is 68.9 cm³/mol. The Labute approximate surface area is 111 Å². The van der Waals surface area contributed by atoms with Gasteiger partial charge in [-0.3, -0.25) is 0 Å². The largest absolute Gasteiger partial charge is 0.390 e. The lowest BCUT2D eigenvalue weighted by Crippen LogP contribution is -2.14. The average Bonchev–Trinajstić information content (AvgIpc) is 2.83. The maximum absolute atomic E-state index is 12.1. The van der Waals surface area contributed by atoms with Crippen LogP contribution in [0.4, 0.5) is 5.95 Å². The summed E-state index contributed by atoms with van der Waals surface area (Å²) in [6.07, 6.45) is 4.36. The van der Waals surface area contributed by atoms with Gasteiger partial charge in [-0.1, -0.05) is 0 Å². The summed E-state index contributed by atoms with van der Waals surface area (Å²) < 4.78 is 28.2. The fourth-order valence-corrected chi connectivity index (χ4v) is 2.65. The van der Waals surface area contributed by atoms with Crippen LogP contribution in [0.15, 0.2) is 35.6 Å². The smallest absolute Gasteiger partial charge is 0.265 e. The summed E-state index contributed by atoms with van der Waals surface area (Å²) in [4.78, 5) is 7.68. The number of hydrogen-bond donors (Lipinski definition) is 2. The molecule has 0 unspecified atom stereocenters. The normalized spacial score (nSPS) is 11.5. The van der Waals surface area contributed by atoms with Gasteiger partial charge >= 0.3 is 0 Å². The number of aryl methyl sites for hydroxylation is 1. The fraction of sp³-hybridized carbons (Fsp3) is 0.273. The van der Waals surface area contributed by atoms with Gasteiger partial charge in [0.2, 0.25) is 5.95 Å². The minimum Gasteiger partial charge on any atom is -0.390 e. The number of sulfonamides is 1. The highest BCUT2D eigenvalue weighted by Gasteiger charge is 2.18. The van der Waals surface area contributed by atoms with Crippen molar-refractivity contribution in [3.8, 4) is 0 Å². The molecule has 0 radical (unpaired) electrons. The second-order valence-electron chi connectivity index (χ2n) is 3.79. The molecule has 2 heterocycles. The molecule has 0 saturated heterocycles. The Morgan fingerprint density at radius 2 is 2.05 bits per heavy atom. The molecule has 0 saturated carbocycles. The van der Waals surface area contributed by atoms with E-state index in [0.29, 0.717) is 12.2 Å². The van der Waals surface area contributed by atoms with Gasteiger partial charge < -0.3 is 9.67 Å². The first-order valence-electron chi connectivity index (χ1n) is 5.66. The van der Waals surface area contributed by atoms with Crippen LogP contribution in [0.2, 0.25) is 0 Å². The maximum atomic E-state index is 12.1. The van der Waals surface area contributed by atoms with Crippen molar-refractivity contribution in [3.05, 3.63) is 36.4 Å². The first-order valence-corrected chi connectivity index (χ1v) is 7.15. The van der Waals surface area contributed by atoms with E-state index in [1.807, 2.05) is 6.92 Å². The third-order valence-electron chi connectivity index (χ3n) is 2.57. The lowest BCUT2D eigenvalue weighted by atomic mass is 10.4. The van der Waals surface area contributed by atoms with E-state index in [-0.39, 0.29) is 17.5 Å². The molecule has 0 aliphatic heterocycles. The van der Waals surface area contributed by atoms with Gasteiger partial charge in [0.15, 0.2) is 0 Å². The number of anilines is 1. The topological polar surface area (TPSA) is 97.1 Å². The Hall–Kier alpha value is -1.93. The molecular weight excluding hydrogens is 268 g/mol. The monoisotopic (exact) mass is 282 g/mol. The number of aliphatic hydroxyl groups is 1. The van der Waals surface area contributed by atoms with Crippen LogP contribution in [0.5, 0.6) is 0 Å². The Morgan fingerprint density at radius 1 is 1.37 bits per heavy atom. The van der Waals surface area contributed by atoms with Gasteiger partial charge in [-0.2, -0.15) is 0 Å². The Kier molecular flexibility index (Phi) is 3.82. The first-order chi connectivity index (χ1) is 9.06. The van der Waals surface area contributed by atoms with Gasteiger partial charge in [-0.05, 0) is 19.1 Å². The third kappa shape index (κ3) is 2.91. The lowest BCUT2D eigenvalue weighted by Gasteiger charge is -2.03. The Morgan fingerprint density at radius 3 is 2.58 bits per heavy atom. The van der Waals surface area contributed by atoms with E-state index in [4.69, 9.17) is 5.11 Å². The van der Waals surface area contributed by atoms with Crippen molar-refractivity contribution in [1.82, 2.24) is 14.5 Å². The summed E-state index contributed by atoms with van der Waals surface area (Å²) in [6.45, 7) is 2.22. The molecule has 2 aromatic rings. The summed E-state index contributed by atoms with van der Waals surface area (Å²) in [5, 5.41) is 9.16. The van der Waals surface area contributed by atoms with Gasteiger partial charge in [0.1, 0.15) is 4.90 Å². The van der Waals surface area contributed by atoms with E-state index in [1.54, 1.807) is 10.6 Å². The highest BCUT2D eigenvalue weighted by atomic mass is 32.2. The number of hydrogen-bond acceptors (Lipinski definition) is 5. The number of nitrogens with zero attached hydrogens (tertiary/aromatic N) is 3. The molecule has 0 amide bonds. The summed E-state index contributed by atoms with van der Waals surface area (Å²) in [7, 11) is -3.74. The van der Waals surface area contributed by atoms with E-state index < -0.39 is 10.0 Å². The van der Waals surface area contributed by atoms with Crippen LogP contribution in [0.25, 0.3) is 0 Å². The van der Waals surface area contributed by atoms with Gasteiger partial charge in [-0.15, -0.1) is 0 Å². The van der Waals surface area contributed by atoms with E-state index >= 15 is 0 Å². The minimum atomic E-state index is -3.74. The van der Waals surface area contributed by atoms with Crippen molar-refractivity contribution in [1.29, 1.82) is 0 Å². The molecule has 2 N–H and O–H groups in total. The van der Waals surface area contributed by atoms with Crippen LogP contribution in [-0.2, 0) is 23.2 Å². The SMILES string of the molecule is CCn1cc(S(=O)(=O)Nc2ncccn2)cc1CO. The number of aliphatic hydroxyl groups excluding tert-OH is 1. The van der Waals surface area contributed by atoms with Crippen molar-refractivity contribution in [2.24, 2.45) is 0 Å². The zero-order chi connectivity index (χ0) is 13.9. The van der Waals surface area contributed by atoms with E-state index in [1.165, 1.54) is 24.7 Å². The molecule has 0 atom stereocenters. The van der Waals surface area contributed by atoms with Crippen LogP contribution in [0, 0.1) is 0 Å². The van der Waals surface area contributed by atoms with Crippen molar-refractivity contribution in [3.63, 3.8) is 0 Å². The van der Waals surface area contributed by atoms with Crippen molar-refractivity contribution < 1.29 is 13.5 Å². The van der Waals surface area contributed by atoms with E-state index in [0.717, 1.165) is 0 Å².